The van der Waals surface area contributed by atoms with E-state index in [-0.39, 0.29) is 60.5 Å². The maximum absolute atomic E-state index is 13.8. The number of rotatable bonds is 17. The molecule has 12 heteroatoms. The Morgan fingerprint density at radius 3 is 2.14 bits per heavy atom. The third-order valence-corrected chi connectivity index (χ3v) is 8.73. The molecule has 0 aromatic rings. The minimum atomic E-state index is -0.633. The van der Waals surface area contributed by atoms with Crippen molar-refractivity contribution in [2.75, 3.05) is 48.5 Å². The van der Waals surface area contributed by atoms with Gasteiger partial charge in [-0.3, -0.25) is 24.1 Å². The van der Waals surface area contributed by atoms with Crippen molar-refractivity contribution in [3.8, 4) is 6.07 Å². The normalized spacial score (nSPS) is 20.0. The van der Waals surface area contributed by atoms with Gasteiger partial charge in [0.25, 0.3) is 0 Å². The van der Waals surface area contributed by atoms with Gasteiger partial charge in [0.1, 0.15) is 6.04 Å². The van der Waals surface area contributed by atoms with Crippen LogP contribution in [0.15, 0.2) is 0 Å². The summed E-state index contributed by atoms with van der Waals surface area (Å²) in [6.07, 6.45) is 1.12. The average molecular weight is 609 g/mol. The number of nitrogens with one attached hydrogen (secondary N) is 2. The highest BCUT2D eigenvalue weighted by Crippen LogP contribution is 2.29. The minimum absolute atomic E-state index is 0.0135. The van der Waals surface area contributed by atoms with E-state index in [9.17, 15) is 19.2 Å². The van der Waals surface area contributed by atoms with Gasteiger partial charge in [0, 0.05) is 27.8 Å². The zero-order chi connectivity index (χ0) is 33.0. The summed E-state index contributed by atoms with van der Waals surface area (Å²) in [6, 6.07) is 0.288. The second-order valence-corrected chi connectivity index (χ2v) is 12.4. The number of methoxy groups -OCH3 is 2. The standard InChI is InChI=1S/C31H56N6O6/c1-12-20(4)28(36(9)26(39)18-33-31(41)27(19(2)3)35(7)8)24(42-10)16-25(38)37-15-13-14-23(37)29(43-11)22(6)30(40)34-21(5)17-32/h19-24,27-29H,12-16,18H2,1-11H3,(H,33,41)(H,34,40)/t20?,21?,22?,23-,24?,27?,28?,29?/m0/s1. The SMILES string of the molecule is CCC(C)C(C(CC(=O)N1CCC[C@H]1C(OC)C(C)C(=O)NC(C)C#N)OC)N(C)C(=O)CNC(=O)C(C(C)C)N(C)C. The van der Waals surface area contributed by atoms with Crippen molar-refractivity contribution < 1.29 is 28.7 Å². The number of carbonyl (C=O) groups excluding carboxylic acids is 4. The zero-order valence-electron chi connectivity index (χ0n) is 28.2. The Balaban J connectivity index is 3.08. The monoisotopic (exact) mass is 608 g/mol. The van der Waals surface area contributed by atoms with Crippen LogP contribution in [0.3, 0.4) is 0 Å². The van der Waals surface area contributed by atoms with Crippen molar-refractivity contribution in [3.05, 3.63) is 0 Å². The second kappa shape index (κ2) is 18.1. The first-order valence-electron chi connectivity index (χ1n) is 15.4. The summed E-state index contributed by atoms with van der Waals surface area (Å²) in [5.74, 6) is -1.40. The lowest BCUT2D eigenvalue weighted by molar-refractivity contribution is -0.146. The molecule has 0 aromatic heterocycles. The van der Waals surface area contributed by atoms with E-state index in [1.54, 1.807) is 37.8 Å². The number of hydrogen-bond acceptors (Lipinski definition) is 8. The van der Waals surface area contributed by atoms with Crippen molar-refractivity contribution in [1.82, 2.24) is 25.3 Å². The van der Waals surface area contributed by atoms with E-state index in [4.69, 9.17) is 14.7 Å². The molecule has 0 radical (unpaired) electrons. The molecule has 1 saturated heterocycles. The summed E-state index contributed by atoms with van der Waals surface area (Å²) < 4.78 is 11.6. The van der Waals surface area contributed by atoms with E-state index >= 15 is 0 Å². The van der Waals surface area contributed by atoms with E-state index in [2.05, 4.69) is 10.6 Å². The van der Waals surface area contributed by atoms with E-state index in [0.29, 0.717) is 13.0 Å². The number of nitrogens with zero attached hydrogens (tertiary/aromatic N) is 4. The quantitative estimate of drug-likeness (QED) is 0.254. The van der Waals surface area contributed by atoms with Gasteiger partial charge in [0.05, 0.1) is 55.3 Å². The van der Waals surface area contributed by atoms with Gasteiger partial charge in [-0.05, 0) is 45.7 Å². The van der Waals surface area contributed by atoms with Gasteiger partial charge in [0.2, 0.25) is 23.6 Å². The molecule has 1 heterocycles. The first-order valence-corrected chi connectivity index (χ1v) is 15.4. The van der Waals surface area contributed by atoms with Crippen molar-refractivity contribution in [1.29, 1.82) is 5.26 Å². The molecule has 0 bridgehead atoms. The lowest BCUT2D eigenvalue weighted by Crippen LogP contribution is -2.55. The van der Waals surface area contributed by atoms with Gasteiger partial charge < -0.3 is 29.9 Å². The van der Waals surface area contributed by atoms with E-state index in [0.717, 1.165) is 12.8 Å². The van der Waals surface area contributed by atoms with Gasteiger partial charge in [-0.1, -0.05) is 41.0 Å². The van der Waals surface area contributed by atoms with Gasteiger partial charge >= 0.3 is 0 Å². The highest BCUT2D eigenvalue weighted by Gasteiger charge is 2.42. The summed E-state index contributed by atoms with van der Waals surface area (Å²) in [5.41, 5.74) is 0. The lowest BCUT2D eigenvalue weighted by Gasteiger charge is -2.39. The van der Waals surface area contributed by atoms with Gasteiger partial charge in [0.15, 0.2) is 0 Å². The molecule has 0 saturated carbocycles. The van der Waals surface area contributed by atoms with Crippen LogP contribution in [0.1, 0.15) is 67.2 Å². The summed E-state index contributed by atoms with van der Waals surface area (Å²) in [4.78, 5) is 57.9. The van der Waals surface area contributed by atoms with Gasteiger partial charge in [-0.15, -0.1) is 0 Å². The molecule has 0 aromatic carbocycles. The smallest absolute Gasteiger partial charge is 0.242 e. The second-order valence-electron chi connectivity index (χ2n) is 12.4. The Bertz CT molecular complexity index is 961. The fourth-order valence-corrected chi connectivity index (χ4v) is 6.23. The van der Waals surface area contributed by atoms with Crippen LogP contribution >= 0.6 is 0 Å². The molecule has 2 N–H and O–H groups in total. The van der Waals surface area contributed by atoms with E-state index < -0.39 is 30.2 Å². The first kappa shape index (κ1) is 38.3. The molecule has 0 spiro atoms. The number of carbonyl (C=O) groups is 4. The number of ether oxygens (including phenoxy) is 2. The van der Waals surface area contributed by atoms with Crippen molar-refractivity contribution >= 4 is 23.6 Å². The molecule has 12 nitrogen and oxygen atoms in total. The Kier molecular flexibility index (Phi) is 16.2. The third kappa shape index (κ3) is 10.4. The fourth-order valence-electron chi connectivity index (χ4n) is 6.23. The zero-order valence-corrected chi connectivity index (χ0v) is 28.2. The predicted molar refractivity (Wildman–Crippen MR) is 165 cm³/mol. The number of hydrogen-bond donors (Lipinski definition) is 2. The Labute approximate surface area is 258 Å². The topological polar surface area (TPSA) is 144 Å². The molecular formula is C31H56N6O6. The number of likely N-dealkylation sites (tertiary alicyclic amines) is 1. The molecule has 8 atom stereocenters. The number of amides is 4. The molecule has 1 aliphatic heterocycles. The van der Waals surface area contributed by atoms with E-state index in [1.807, 2.05) is 52.8 Å². The highest BCUT2D eigenvalue weighted by atomic mass is 16.5. The molecule has 1 aliphatic rings. The molecule has 1 rings (SSSR count). The molecule has 246 valence electrons. The maximum atomic E-state index is 13.8. The van der Waals surface area contributed by atoms with Crippen LogP contribution in [0.5, 0.6) is 0 Å². The molecule has 1 fully saturated rings. The summed E-state index contributed by atoms with van der Waals surface area (Å²) in [5, 5.41) is 14.5. The van der Waals surface area contributed by atoms with Crippen molar-refractivity contribution in [2.45, 2.75) is 104 Å². The Morgan fingerprint density at radius 2 is 1.65 bits per heavy atom. The predicted octanol–water partition coefficient (Wildman–Crippen LogP) is 1.64. The molecule has 4 amide bonds. The summed E-state index contributed by atoms with van der Waals surface area (Å²) >= 11 is 0. The van der Waals surface area contributed by atoms with Gasteiger partial charge in [-0.2, -0.15) is 5.26 Å². The molecule has 7 unspecified atom stereocenters. The fraction of sp³-hybridized carbons (Fsp3) is 0.839. The van der Waals surface area contributed by atoms with Crippen LogP contribution in [0.25, 0.3) is 0 Å². The third-order valence-electron chi connectivity index (χ3n) is 8.73. The maximum Gasteiger partial charge on any atom is 0.242 e. The van der Waals surface area contributed by atoms with Crippen molar-refractivity contribution in [2.24, 2.45) is 17.8 Å². The average Bonchev–Trinajstić information content (AvgIpc) is 3.44. The minimum Gasteiger partial charge on any atom is -0.379 e. The van der Waals surface area contributed by atoms with Crippen LogP contribution < -0.4 is 10.6 Å². The molecule has 43 heavy (non-hydrogen) atoms. The molecule has 0 aliphatic carbocycles. The lowest BCUT2D eigenvalue weighted by atomic mass is 9.90. The van der Waals surface area contributed by atoms with Gasteiger partial charge in [-0.25, -0.2) is 0 Å². The largest absolute Gasteiger partial charge is 0.379 e. The number of likely N-dealkylation sites (N-methyl/N-ethyl adjacent to an activating group) is 2. The van der Waals surface area contributed by atoms with Crippen LogP contribution in [0.2, 0.25) is 0 Å². The van der Waals surface area contributed by atoms with Crippen LogP contribution in [-0.4, -0.2) is 123 Å². The van der Waals surface area contributed by atoms with Crippen LogP contribution in [0, 0.1) is 29.1 Å². The summed E-state index contributed by atoms with van der Waals surface area (Å²) in [6.45, 7) is 11.7. The molecular weight excluding hydrogens is 552 g/mol. The first-order chi connectivity index (χ1) is 20.2. The Hall–Kier alpha value is -2.75. The van der Waals surface area contributed by atoms with Crippen molar-refractivity contribution in [3.63, 3.8) is 0 Å². The summed E-state index contributed by atoms with van der Waals surface area (Å²) in [7, 11) is 8.43. The Morgan fingerprint density at radius 1 is 1.02 bits per heavy atom. The van der Waals surface area contributed by atoms with Crippen LogP contribution in [-0.2, 0) is 28.7 Å². The van der Waals surface area contributed by atoms with Crippen LogP contribution in [0.4, 0.5) is 0 Å². The number of nitriles is 1. The van der Waals surface area contributed by atoms with E-state index in [1.165, 1.54) is 7.11 Å². The highest BCUT2D eigenvalue weighted by molar-refractivity contribution is 5.87.